The van der Waals surface area contributed by atoms with Gasteiger partial charge in [0, 0.05) is 25.1 Å². The Morgan fingerprint density at radius 1 is 1.09 bits per heavy atom. The minimum absolute atomic E-state index is 0.0276. The number of benzene rings is 2. The summed E-state index contributed by atoms with van der Waals surface area (Å²) in [6, 6.07) is 11.1. The molecule has 0 heterocycles. The number of nitrogens with zero attached hydrogens (tertiary/aromatic N) is 1. The van der Waals surface area contributed by atoms with E-state index in [0.29, 0.717) is 30.0 Å². The first-order chi connectivity index (χ1) is 15.4. The number of unbranched alkanes of at least 4 members (excludes halogenated alkanes) is 1. The quantitative estimate of drug-likeness (QED) is 0.501. The second kappa shape index (κ2) is 12.7. The molecule has 0 saturated heterocycles. The van der Waals surface area contributed by atoms with E-state index in [1.165, 1.54) is 11.0 Å². The molecule has 2 aromatic rings. The van der Waals surface area contributed by atoms with Gasteiger partial charge in [0.1, 0.15) is 11.9 Å². The molecule has 0 aliphatic heterocycles. The van der Waals surface area contributed by atoms with E-state index in [4.69, 9.17) is 9.47 Å². The Balaban J connectivity index is 2.15. The molecular formula is C25H33FN2O4. The maximum absolute atomic E-state index is 14.3. The number of ether oxygens (including phenoxy) is 2. The fraction of sp³-hybridized carbons (Fsp3) is 0.440. The number of carbonyl (C=O) groups excluding carboxylic acids is 2. The van der Waals surface area contributed by atoms with E-state index >= 15 is 0 Å². The molecule has 0 aromatic heterocycles. The first-order valence-corrected chi connectivity index (χ1v) is 10.9. The molecule has 0 saturated carbocycles. The van der Waals surface area contributed by atoms with Gasteiger partial charge >= 0.3 is 0 Å². The van der Waals surface area contributed by atoms with E-state index in [-0.39, 0.29) is 24.8 Å². The molecule has 7 heteroatoms. The Kier molecular flexibility index (Phi) is 9.98. The maximum atomic E-state index is 14.3. The standard InChI is InChI=1S/C25H33FN2O4/c1-5-6-15-27-25(30)18(2)28(17-20-9-7-8-10-21(20)26)24(29)14-12-19-11-13-22(31-3)23(16-19)32-4/h7-11,13,16,18H,5-6,12,14-15,17H2,1-4H3,(H,27,30). The first kappa shape index (κ1) is 25.2. The lowest BCUT2D eigenvalue weighted by Crippen LogP contribution is -2.48. The Hall–Kier alpha value is -3.09. The Labute approximate surface area is 189 Å². The van der Waals surface area contributed by atoms with E-state index in [1.54, 1.807) is 45.4 Å². The largest absolute Gasteiger partial charge is 0.493 e. The molecule has 1 unspecified atom stereocenters. The van der Waals surface area contributed by atoms with Crippen LogP contribution in [0.3, 0.4) is 0 Å². The van der Waals surface area contributed by atoms with Crippen LogP contribution in [0.1, 0.15) is 44.2 Å². The summed E-state index contributed by atoms with van der Waals surface area (Å²) in [7, 11) is 3.12. The van der Waals surface area contributed by atoms with Crippen molar-refractivity contribution in [2.45, 2.75) is 52.1 Å². The van der Waals surface area contributed by atoms with Gasteiger partial charge < -0.3 is 19.7 Å². The number of amides is 2. The van der Waals surface area contributed by atoms with Gasteiger partial charge in [-0.15, -0.1) is 0 Å². The Morgan fingerprint density at radius 2 is 1.81 bits per heavy atom. The predicted octanol–water partition coefficient (Wildman–Crippen LogP) is 4.11. The second-order valence-electron chi connectivity index (χ2n) is 7.62. The van der Waals surface area contributed by atoms with Crippen molar-refractivity contribution in [2.24, 2.45) is 0 Å². The van der Waals surface area contributed by atoms with Crippen molar-refractivity contribution in [2.75, 3.05) is 20.8 Å². The highest BCUT2D eigenvalue weighted by atomic mass is 19.1. The van der Waals surface area contributed by atoms with Gasteiger partial charge in [-0.25, -0.2) is 4.39 Å². The average molecular weight is 445 g/mol. The van der Waals surface area contributed by atoms with Crippen LogP contribution in [0.4, 0.5) is 4.39 Å². The number of aryl methyl sites for hydroxylation is 1. The number of halogens is 1. The number of hydrogen-bond acceptors (Lipinski definition) is 4. The molecule has 2 amide bonds. The van der Waals surface area contributed by atoms with Gasteiger partial charge in [-0.3, -0.25) is 9.59 Å². The molecule has 2 aromatic carbocycles. The van der Waals surface area contributed by atoms with Crippen LogP contribution in [0.5, 0.6) is 11.5 Å². The highest BCUT2D eigenvalue weighted by molar-refractivity contribution is 5.87. The van der Waals surface area contributed by atoms with E-state index < -0.39 is 11.9 Å². The smallest absolute Gasteiger partial charge is 0.242 e. The molecule has 0 aliphatic carbocycles. The SMILES string of the molecule is CCCCNC(=O)C(C)N(Cc1ccccc1F)C(=O)CCc1ccc(OC)c(OC)c1. The summed E-state index contributed by atoms with van der Waals surface area (Å²) < 4.78 is 24.8. The van der Waals surface area contributed by atoms with Crippen molar-refractivity contribution >= 4 is 11.8 Å². The van der Waals surface area contributed by atoms with Crippen molar-refractivity contribution in [1.29, 1.82) is 0 Å². The molecule has 1 N–H and O–H groups in total. The summed E-state index contributed by atoms with van der Waals surface area (Å²) in [5.74, 6) is 0.338. The van der Waals surface area contributed by atoms with Crippen molar-refractivity contribution in [1.82, 2.24) is 10.2 Å². The van der Waals surface area contributed by atoms with Gasteiger partial charge in [0.05, 0.1) is 14.2 Å². The topological polar surface area (TPSA) is 67.9 Å². The van der Waals surface area contributed by atoms with Crippen LogP contribution in [0.25, 0.3) is 0 Å². The van der Waals surface area contributed by atoms with Crippen LogP contribution >= 0.6 is 0 Å². The minimum Gasteiger partial charge on any atom is -0.493 e. The van der Waals surface area contributed by atoms with Crippen molar-refractivity contribution in [3.8, 4) is 11.5 Å². The highest BCUT2D eigenvalue weighted by Crippen LogP contribution is 2.28. The van der Waals surface area contributed by atoms with Crippen molar-refractivity contribution in [3.63, 3.8) is 0 Å². The van der Waals surface area contributed by atoms with Crippen LogP contribution in [-0.4, -0.2) is 43.5 Å². The second-order valence-corrected chi connectivity index (χ2v) is 7.62. The third-order valence-corrected chi connectivity index (χ3v) is 5.37. The molecular weight excluding hydrogens is 411 g/mol. The molecule has 0 bridgehead atoms. The zero-order valence-corrected chi connectivity index (χ0v) is 19.3. The van der Waals surface area contributed by atoms with Crippen LogP contribution < -0.4 is 14.8 Å². The number of carbonyl (C=O) groups is 2. The van der Waals surface area contributed by atoms with Crippen LogP contribution in [0.2, 0.25) is 0 Å². The van der Waals surface area contributed by atoms with Gasteiger partial charge in [0.2, 0.25) is 11.8 Å². The van der Waals surface area contributed by atoms with E-state index in [1.807, 2.05) is 19.1 Å². The van der Waals surface area contributed by atoms with Gasteiger partial charge in [0.15, 0.2) is 11.5 Å². The third-order valence-electron chi connectivity index (χ3n) is 5.37. The lowest BCUT2D eigenvalue weighted by molar-refractivity contribution is -0.140. The molecule has 32 heavy (non-hydrogen) atoms. The number of nitrogens with one attached hydrogen (secondary N) is 1. The molecule has 2 rings (SSSR count). The number of methoxy groups -OCH3 is 2. The summed E-state index contributed by atoms with van der Waals surface area (Å²) in [4.78, 5) is 27.2. The summed E-state index contributed by atoms with van der Waals surface area (Å²) in [5, 5.41) is 2.86. The minimum atomic E-state index is -0.718. The van der Waals surface area contributed by atoms with Gasteiger partial charge in [-0.2, -0.15) is 0 Å². The van der Waals surface area contributed by atoms with Crippen molar-refractivity contribution in [3.05, 3.63) is 59.4 Å². The third kappa shape index (κ3) is 6.97. The molecule has 0 aliphatic rings. The summed E-state index contributed by atoms with van der Waals surface area (Å²) in [6.45, 7) is 4.29. The molecule has 0 spiro atoms. The Bertz CT molecular complexity index is 903. The zero-order valence-electron chi connectivity index (χ0n) is 19.3. The summed E-state index contributed by atoms with van der Waals surface area (Å²) >= 11 is 0. The zero-order chi connectivity index (χ0) is 23.5. The van der Waals surface area contributed by atoms with Gasteiger partial charge in [-0.1, -0.05) is 37.6 Å². The molecule has 0 radical (unpaired) electrons. The molecule has 1 atom stereocenters. The molecule has 0 fully saturated rings. The fourth-order valence-corrected chi connectivity index (χ4v) is 3.36. The normalized spacial score (nSPS) is 11.5. The highest BCUT2D eigenvalue weighted by Gasteiger charge is 2.26. The van der Waals surface area contributed by atoms with E-state index in [9.17, 15) is 14.0 Å². The fourth-order valence-electron chi connectivity index (χ4n) is 3.36. The number of hydrogen-bond donors (Lipinski definition) is 1. The lowest BCUT2D eigenvalue weighted by Gasteiger charge is -2.29. The van der Waals surface area contributed by atoms with Gasteiger partial charge in [0.25, 0.3) is 0 Å². The summed E-state index contributed by atoms with van der Waals surface area (Å²) in [6.07, 6.45) is 2.45. The van der Waals surface area contributed by atoms with E-state index in [0.717, 1.165) is 18.4 Å². The van der Waals surface area contributed by atoms with E-state index in [2.05, 4.69) is 5.32 Å². The van der Waals surface area contributed by atoms with Crippen LogP contribution in [-0.2, 0) is 22.6 Å². The Morgan fingerprint density at radius 3 is 2.47 bits per heavy atom. The molecule has 174 valence electrons. The number of rotatable bonds is 12. The maximum Gasteiger partial charge on any atom is 0.242 e. The molecule has 6 nitrogen and oxygen atoms in total. The van der Waals surface area contributed by atoms with Crippen LogP contribution in [0.15, 0.2) is 42.5 Å². The van der Waals surface area contributed by atoms with Gasteiger partial charge in [-0.05, 0) is 43.5 Å². The van der Waals surface area contributed by atoms with Crippen molar-refractivity contribution < 1.29 is 23.5 Å². The average Bonchev–Trinajstić information content (AvgIpc) is 2.81. The first-order valence-electron chi connectivity index (χ1n) is 10.9. The van der Waals surface area contributed by atoms with Crippen LogP contribution in [0, 0.1) is 5.82 Å². The monoisotopic (exact) mass is 444 g/mol. The lowest BCUT2D eigenvalue weighted by atomic mass is 10.1. The predicted molar refractivity (Wildman–Crippen MR) is 122 cm³/mol. The summed E-state index contributed by atoms with van der Waals surface area (Å²) in [5.41, 5.74) is 1.28.